The second-order valence-corrected chi connectivity index (χ2v) is 2.39. The highest BCUT2D eigenvalue weighted by atomic mass is 79.9. The molecular weight excluding hydrogens is 196 g/mol. The fraction of sp³-hybridized carbons (Fsp3) is 0.333. The van der Waals surface area contributed by atoms with Gasteiger partial charge in [0.25, 0.3) is 0 Å². The first kappa shape index (κ1) is 9.18. The van der Waals surface area contributed by atoms with Crippen LogP contribution in [0, 0.1) is 16.7 Å². The minimum Gasteiger partial charge on any atom is -0.511 e. The Hall–Kier alpha value is -0.820. The molecule has 3 nitrogen and oxygen atoms in total. The number of halogens is 1. The van der Waals surface area contributed by atoms with E-state index in [0.717, 1.165) is 0 Å². The topological polar surface area (TPSA) is 67.9 Å². The van der Waals surface area contributed by atoms with Crippen LogP contribution in [-0.2, 0) is 0 Å². The highest BCUT2D eigenvalue weighted by Crippen LogP contribution is 2.08. The normalized spacial score (nSPS) is 11.7. The quantitative estimate of drug-likeness (QED) is 0.410. The summed E-state index contributed by atoms with van der Waals surface area (Å²) in [6, 6.07) is 1.71. The Balaban J connectivity index is 4.68. The standard InChI is InChI=1S/C6H7BrN2O/c1-2-5(10)4(3-8)6(7)9/h9-10H,2H2,1H3/b5-4-,9-6?. The van der Waals surface area contributed by atoms with Crippen molar-refractivity contribution < 1.29 is 5.11 Å². The van der Waals surface area contributed by atoms with Crippen molar-refractivity contribution in [3.63, 3.8) is 0 Å². The molecule has 0 spiro atoms. The summed E-state index contributed by atoms with van der Waals surface area (Å²) in [5.74, 6) is -0.0515. The van der Waals surface area contributed by atoms with E-state index in [9.17, 15) is 0 Å². The van der Waals surface area contributed by atoms with Crippen molar-refractivity contribution in [2.24, 2.45) is 0 Å². The highest BCUT2D eigenvalue weighted by Gasteiger charge is 2.05. The predicted molar refractivity (Wildman–Crippen MR) is 42.2 cm³/mol. The van der Waals surface area contributed by atoms with Gasteiger partial charge >= 0.3 is 0 Å². The second-order valence-electron chi connectivity index (χ2n) is 1.60. The maximum absolute atomic E-state index is 8.97. The summed E-state index contributed by atoms with van der Waals surface area (Å²) in [5.41, 5.74) is 0.00231. The number of hydrogen-bond donors (Lipinski definition) is 2. The van der Waals surface area contributed by atoms with Crippen molar-refractivity contribution in [3.8, 4) is 6.07 Å². The van der Waals surface area contributed by atoms with Crippen molar-refractivity contribution in [2.45, 2.75) is 13.3 Å². The second kappa shape index (κ2) is 4.07. The van der Waals surface area contributed by atoms with Crippen LogP contribution >= 0.6 is 15.9 Å². The molecule has 0 aliphatic heterocycles. The van der Waals surface area contributed by atoms with E-state index in [1.165, 1.54) is 0 Å². The molecule has 0 aromatic carbocycles. The van der Waals surface area contributed by atoms with Crippen LogP contribution in [0.5, 0.6) is 0 Å². The van der Waals surface area contributed by atoms with Crippen LogP contribution in [-0.4, -0.2) is 9.73 Å². The fourth-order valence-electron chi connectivity index (χ4n) is 0.417. The van der Waals surface area contributed by atoms with Gasteiger partial charge in [-0.05, 0) is 15.9 Å². The number of nitriles is 1. The van der Waals surface area contributed by atoms with E-state index in [4.69, 9.17) is 15.8 Å². The average molecular weight is 203 g/mol. The van der Waals surface area contributed by atoms with Crippen LogP contribution in [0.25, 0.3) is 0 Å². The molecule has 0 aliphatic carbocycles. The molecule has 2 N–H and O–H groups in total. The van der Waals surface area contributed by atoms with E-state index in [-0.39, 0.29) is 16.0 Å². The summed E-state index contributed by atoms with van der Waals surface area (Å²) in [5, 5.41) is 24.3. The van der Waals surface area contributed by atoms with E-state index in [2.05, 4.69) is 15.9 Å². The minimum atomic E-state index is -0.0747. The zero-order valence-corrected chi connectivity index (χ0v) is 7.07. The molecular formula is C6H7BrN2O. The summed E-state index contributed by atoms with van der Waals surface area (Å²) < 4.78 is -0.0747. The van der Waals surface area contributed by atoms with E-state index in [1.807, 2.05) is 0 Å². The van der Waals surface area contributed by atoms with Crippen molar-refractivity contribution in [1.82, 2.24) is 0 Å². The molecule has 0 radical (unpaired) electrons. The van der Waals surface area contributed by atoms with Crippen molar-refractivity contribution >= 4 is 20.6 Å². The van der Waals surface area contributed by atoms with Crippen molar-refractivity contribution in [1.29, 1.82) is 10.7 Å². The summed E-state index contributed by atoms with van der Waals surface area (Å²) in [6.07, 6.45) is 0.372. The van der Waals surface area contributed by atoms with Crippen LogP contribution in [0.4, 0.5) is 0 Å². The summed E-state index contributed by atoms with van der Waals surface area (Å²) >= 11 is 2.79. The fourth-order valence-corrected chi connectivity index (χ4v) is 0.735. The largest absolute Gasteiger partial charge is 0.511 e. The van der Waals surface area contributed by atoms with E-state index in [1.54, 1.807) is 13.0 Å². The van der Waals surface area contributed by atoms with Crippen molar-refractivity contribution in [2.75, 3.05) is 0 Å². The van der Waals surface area contributed by atoms with Crippen LogP contribution in [0.1, 0.15) is 13.3 Å². The first-order valence-electron chi connectivity index (χ1n) is 2.70. The van der Waals surface area contributed by atoms with Gasteiger partial charge in [-0.25, -0.2) is 0 Å². The van der Waals surface area contributed by atoms with Gasteiger partial charge < -0.3 is 5.11 Å². The Morgan fingerprint density at radius 2 is 2.30 bits per heavy atom. The predicted octanol–water partition coefficient (Wildman–Crippen LogP) is 2.10. The number of rotatable bonds is 2. The van der Waals surface area contributed by atoms with Gasteiger partial charge in [-0.3, -0.25) is 5.41 Å². The molecule has 0 saturated heterocycles. The lowest BCUT2D eigenvalue weighted by Crippen LogP contribution is -1.94. The molecule has 0 amide bonds. The molecule has 0 fully saturated rings. The number of hydrogen-bond acceptors (Lipinski definition) is 3. The molecule has 0 atom stereocenters. The number of nitrogens with zero attached hydrogens (tertiary/aromatic N) is 1. The Kier molecular flexibility index (Phi) is 3.74. The third-order valence-electron chi connectivity index (χ3n) is 0.955. The van der Waals surface area contributed by atoms with Crippen LogP contribution in [0.15, 0.2) is 11.3 Å². The van der Waals surface area contributed by atoms with Crippen LogP contribution in [0.3, 0.4) is 0 Å². The molecule has 0 bridgehead atoms. The summed E-state index contributed by atoms with van der Waals surface area (Å²) in [4.78, 5) is 0. The average Bonchev–Trinajstić information content (AvgIpc) is 1.88. The van der Waals surface area contributed by atoms with Crippen molar-refractivity contribution in [3.05, 3.63) is 11.3 Å². The third-order valence-corrected chi connectivity index (χ3v) is 1.35. The Bertz CT molecular complexity index is 214. The first-order valence-corrected chi connectivity index (χ1v) is 3.49. The molecule has 10 heavy (non-hydrogen) atoms. The maximum Gasteiger partial charge on any atom is 0.121 e. The zero-order valence-electron chi connectivity index (χ0n) is 5.48. The highest BCUT2D eigenvalue weighted by molar-refractivity contribution is 9.18. The number of nitrogens with one attached hydrogen (secondary N) is 1. The first-order chi connectivity index (χ1) is 4.63. The summed E-state index contributed by atoms with van der Waals surface area (Å²) in [6.45, 7) is 1.71. The van der Waals surface area contributed by atoms with Gasteiger partial charge in [0.15, 0.2) is 0 Å². The lowest BCUT2D eigenvalue weighted by Gasteiger charge is -1.95. The molecule has 0 saturated carbocycles. The van der Waals surface area contributed by atoms with Gasteiger partial charge in [0, 0.05) is 6.42 Å². The number of allylic oxidation sites excluding steroid dienone is 2. The monoisotopic (exact) mass is 202 g/mol. The molecule has 0 aromatic heterocycles. The number of aliphatic hydroxyl groups is 1. The van der Waals surface area contributed by atoms with Gasteiger partial charge in [0.05, 0.1) is 0 Å². The van der Waals surface area contributed by atoms with Crippen LogP contribution < -0.4 is 0 Å². The van der Waals surface area contributed by atoms with E-state index in [0.29, 0.717) is 6.42 Å². The van der Waals surface area contributed by atoms with E-state index < -0.39 is 0 Å². The molecule has 0 aliphatic rings. The number of aliphatic hydroxyl groups excluding tert-OH is 1. The molecule has 54 valence electrons. The Morgan fingerprint density at radius 1 is 1.80 bits per heavy atom. The molecule has 0 rings (SSSR count). The maximum atomic E-state index is 8.97. The lowest BCUT2D eigenvalue weighted by atomic mass is 10.2. The summed E-state index contributed by atoms with van der Waals surface area (Å²) in [7, 11) is 0. The van der Waals surface area contributed by atoms with Gasteiger partial charge in [0.2, 0.25) is 0 Å². The molecule has 4 heteroatoms. The Labute approximate surface area is 67.6 Å². The van der Waals surface area contributed by atoms with Gasteiger partial charge in [-0.15, -0.1) is 0 Å². The minimum absolute atomic E-state index is 0.00231. The van der Waals surface area contributed by atoms with Gasteiger partial charge in [-0.2, -0.15) is 5.26 Å². The SMILES string of the molecule is CC/C(O)=C(\C#N)C(=N)Br. The molecule has 0 heterocycles. The third kappa shape index (κ3) is 2.19. The molecule has 0 unspecified atom stereocenters. The Morgan fingerprint density at radius 3 is 2.40 bits per heavy atom. The molecule has 0 aromatic rings. The lowest BCUT2D eigenvalue weighted by molar-refractivity contribution is 0.392. The van der Waals surface area contributed by atoms with Gasteiger partial charge in [-0.1, -0.05) is 6.92 Å². The van der Waals surface area contributed by atoms with Gasteiger partial charge in [0.1, 0.15) is 22.0 Å². The van der Waals surface area contributed by atoms with E-state index >= 15 is 0 Å². The smallest absolute Gasteiger partial charge is 0.121 e. The zero-order chi connectivity index (χ0) is 8.15. The van der Waals surface area contributed by atoms with Crippen LogP contribution in [0.2, 0.25) is 0 Å².